The Bertz CT molecular complexity index is 1240. The Kier molecular flexibility index (Phi) is 5.72. The molecule has 4 rings (SSSR count). The molecule has 0 radical (unpaired) electrons. The van der Waals surface area contributed by atoms with Crippen molar-refractivity contribution in [2.24, 2.45) is 0 Å². The van der Waals surface area contributed by atoms with E-state index in [1.165, 1.54) is 10.1 Å². The van der Waals surface area contributed by atoms with Crippen molar-refractivity contribution >= 4 is 34.4 Å². The van der Waals surface area contributed by atoms with E-state index in [9.17, 15) is 9.59 Å². The molecule has 1 amide bonds. The summed E-state index contributed by atoms with van der Waals surface area (Å²) in [5.41, 5.74) is 3.39. The average Bonchev–Trinajstić information content (AvgIpc) is 3.29. The first-order valence-corrected chi connectivity index (χ1v) is 10.1. The monoisotopic (exact) mass is 424 g/mol. The van der Waals surface area contributed by atoms with Crippen LogP contribution >= 0.6 is 11.6 Å². The van der Waals surface area contributed by atoms with E-state index in [2.05, 4.69) is 41.6 Å². The molecule has 0 saturated carbocycles. The Morgan fingerprint density at radius 1 is 1.13 bits per heavy atom. The van der Waals surface area contributed by atoms with Gasteiger partial charge in [0, 0.05) is 30.1 Å². The van der Waals surface area contributed by atoms with Gasteiger partial charge in [-0.25, -0.2) is 9.48 Å². The van der Waals surface area contributed by atoms with Crippen LogP contribution in [0.2, 0.25) is 5.02 Å². The van der Waals surface area contributed by atoms with E-state index in [1.54, 1.807) is 35.1 Å². The van der Waals surface area contributed by atoms with Gasteiger partial charge in [0.1, 0.15) is 5.82 Å². The molecule has 0 aliphatic rings. The Morgan fingerprint density at radius 3 is 2.67 bits per heavy atom. The fraction of sp³-hybridized carbons (Fsp3) is 0.227. The van der Waals surface area contributed by atoms with Crippen molar-refractivity contribution in [2.45, 2.75) is 32.9 Å². The van der Waals surface area contributed by atoms with Crippen molar-refractivity contribution in [1.82, 2.24) is 14.3 Å². The van der Waals surface area contributed by atoms with Crippen LogP contribution in [0.1, 0.15) is 24.5 Å². The Morgan fingerprint density at radius 2 is 1.90 bits per heavy atom. The number of aromatic nitrogens is 3. The number of fused-ring (bicyclic) bond motifs is 1. The summed E-state index contributed by atoms with van der Waals surface area (Å²) in [6.07, 6.45) is 2.76. The molecular formula is C22H21ClN4O3. The number of amides is 1. The lowest BCUT2D eigenvalue weighted by Gasteiger charge is -2.10. The van der Waals surface area contributed by atoms with Gasteiger partial charge in [0.2, 0.25) is 5.91 Å². The van der Waals surface area contributed by atoms with Crippen LogP contribution in [-0.2, 0) is 24.3 Å². The first kappa shape index (κ1) is 20.0. The largest absolute Gasteiger partial charge is 0.419 e. The molecule has 0 bridgehead atoms. The van der Waals surface area contributed by atoms with Crippen molar-refractivity contribution in [1.29, 1.82) is 0 Å². The second-order valence-corrected chi connectivity index (χ2v) is 7.41. The van der Waals surface area contributed by atoms with Gasteiger partial charge >= 0.3 is 5.76 Å². The third-order valence-electron chi connectivity index (χ3n) is 4.94. The van der Waals surface area contributed by atoms with Crippen LogP contribution < -0.4 is 11.1 Å². The normalized spacial score (nSPS) is 11.1. The molecule has 2 aromatic carbocycles. The average molecular weight is 425 g/mol. The van der Waals surface area contributed by atoms with Crippen LogP contribution in [0.5, 0.6) is 0 Å². The Balaban J connectivity index is 1.41. The van der Waals surface area contributed by atoms with E-state index in [4.69, 9.17) is 16.0 Å². The molecular weight excluding hydrogens is 404 g/mol. The summed E-state index contributed by atoms with van der Waals surface area (Å²) in [6, 6.07) is 15.0. The van der Waals surface area contributed by atoms with Crippen LogP contribution in [0.3, 0.4) is 0 Å². The summed E-state index contributed by atoms with van der Waals surface area (Å²) in [5, 5.41) is 7.65. The van der Waals surface area contributed by atoms with Gasteiger partial charge in [-0.15, -0.1) is 0 Å². The first-order chi connectivity index (χ1) is 14.5. The number of halogens is 1. The van der Waals surface area contributed by atoms with Crippen molar-refractivity contribution in [3.8, 4) is 0 Å². The molecule has 2 heterocycles. The van der Waals surface area contributed by atoms with Crippen LogP contribution in [0.4, 0.5) is 5.82 Å². The fourth-order valence-electron chi connectivity index (χ4n) is 3.29. The van der Waals surface area contributed by atoms with E-state index in [1.807, 2.05) is 0 Å². The van der Waals surface area contributed by atoms with Gasteiger partial charge in [-0.1, -0.05) is 42.8 Å². The zero-order chi connectivity index (χ0) is 21.1. The van der Waals surface area contributed by atoms with Crippen molar-refractivity contribution < 1.29 is 9.21 Å². The van der Waals surface area contributed by atoms with Crippen LogP contribution in [0.15, 0.2) is 63.9 Å². The quantitative estimate of drug-likeness (QED) is 0.484. The molecule has 8 heteroatoms. The minimum Gasteiger partial charge on any atom is -0.408 e. The highest BCUT2D eigenvalue weighted by Crippen LogP contribution is 2.19. The molecule has 0 unspecified atom stereocenters. The molecule has 4 aromatic rings. The summed E-state index contributed by atoms with van der Waals surface area (Å²) >= 11 is 5.93. The van der Waals surface area contributed by atoms with E-state index in [-0.39, 0.29) is 18.9 Å². The topological polar surface area (TPSA) is 82.1 Å². The smallest absolute Gasteiger partial charge is 0.408 e. The molecule has 30 heavy (non-hydrogen) atoms. The number of nitrogens with one attached hydrogen (secondary N) is 1. The molecule has 0 atom stereocenters. The number of rotatable bonds is 7. The van der Waals surface area contributed by atoms with Crippen molar-refractivity contribution in [2.75, 3.05) is 5.32 Å². The number of hydrogen-bond acceptors (Lipinski definition) is 4. The summed E-state index contributed by atoms with van der Waals surface area (Å²) < 4.78 is 8.36. The third kappa shape index (κ3) is 4.31. The lowest BCUT2D eigenvalue weighted by atomic mass is 10.1. The minimum atomic E-state index is -0.513. The second kappa shape index (κ2) is 8.59. The van der Waals surface area contributed by atoms with Gasteiger partial charge in [0.25, 0.3) is 0 Å². The third-order valence-corrected chi connectivity index (χ3v) is 5.18. The minimum absolute atomic E-state index is 0.119. The Labute approximate surface area is 177 Å². The molecule has 2 aromatic heterocycles. The highest BCUT2D eigenvalue weighted by molar-refractivity contribution is 6.31. The zero-order valence-corrected chi connectivity index (χ0v) is 17.2. The standard InChI is InChI=1S/C22H21ClN4O3/c1-2-15-3-5-16(6-4-15)14-27-20(9-11-24-27)25-21(28)10-12-26-18-8-7-17(23)13-19(18)30-22(26)29/h3-9,11,13H,2,10,12,14H2,1H3,(H,25,28). The summed E-state index contributed by atoms with van der Waals surface area (Å²) in [4.78, 5) is 24.6. The number of carbonyl (C=O) groups is 1. The molecule has 0 fully saturated rings. The van der Waals surface area contributed by atoms with E-state index < -0.39 is 5.76 Å². The number of oxazole rings is 1. The summed E-state index contributed by atoms with van der Waals surface area (Å²) in [6.45, 7) is 2.87. The highest BCUT2D eigenvalue weighted by Gasteiger charge is 2.13. The molecule has 0 aliphatic heterocycles. The molecule has 0 saturated heterocycles. The second-order valence-electron chi connectivity index (χ2n) is 6.97. The maximum absolute atomic E-state index is 12.5. The highest BCUT2D eigenvalue weighted by atomic mass is 35.5. The maximum Gasteiger partial charge on any atom is 0.419 e. The zero-order valence-electron chi connectivity index (χ0n) is 16.5. The number of nitrogens with zero attached hydrogens (tertiary/aromatic N) is 3. The Hall–Kier alpha value is -3.32. The van der Waals surface area contributed by atoms with Crippen LogP contribution in [0.25, 0.3) is 11.1 Å². The lowest BCUT2D eigenvalue weighted by molar-refractivity contribution is -0.116. The molecule has 7 nitrogen and oxygen atoms in total. The number of hydrogen-bond donors (Lipinski definition) is 1. The van der Waals surface area contributed by atoms with Crippen LogP contribution in [-0.4, -0.2) is 20.3 Å². The lowest BCUT2D eigenvalue weighted by Crippen LogP contribution is -2.21. The number of benzene rings is 2. The molecule has 154 valence electrons. The van der Waals surface area contributed by atoms with Gasteiger partial charge in [-0.05, 0) is 29.7 Å². The molecule has 0 aliphatic carbocycles. The van der Waals surface area contributed by atoms with Gasteiger partial charge in [0.15, 0.2) is 5.58 Å². The predicted molar refractivity (Wildman–Crippen MR) is 116 cm³/mol. The fourth-order valence-corrected chi connectivity index (χ4v) is 3.45. The van der Waals surface area contributed by atoms with Gasteiger partial charge in [-0.3, -0.25) is 9.36 Å². The van der Waals surface area contributed by atoms with Crippen molar-refractivity contribution in [3.63, 3.8) is 0 Å². The summed E-state index contributed by atoms with van der Waals surface area (Å²) in [5.74, 6) is -0.121. The van der Waals surface area contributed by atoms with Gasteiger partial charge in [-0.2, -0.15) is 5.10 Å². The number of aryl methyl sites for hydroxylation is 2. The molecule has 1 N–H and O–H groups in total. The van der Waals surface area contributed by atoms with Gasteiger partial charge in [0.05, 0.1) is 18.3 Å². The summed E-state index contributed by atoms with van der Waals surface area (Å²) in [7, 11) is 0. The van der Waals surface area contributed by atoms with Crippen LogP contribution in [0, 0.1) is 0 Å². The van der Waals surface area contributed by atoms with Gasteiger partial charge < -0.3 is 9.73 Å². The SMILES string of the molecule is CCc1ccc(Cn2nccc2NC(=O)CCn2c(=O)oc3cc(Cl)ccc32)cc1. The van der Waals surface area contributed by atoms with E-state index >= 15 is 0 Å². The van der Waals surface area contributed by atoms with E-state index in [0.29, 0.717) is 28.5 Å². The predicted octanol–water partition coefficient (Wildman–Crippen LogP) is 4.08. The van der Waals surface area contributed by atoms with Crippen molar-refractivity contribution in [3.05, 3.63) is 81.4 Å². The first-order valence-electron chi connectivity index (χ1n) is 9.72. The maximum atomic E-state index is 12.5. The van der Waals surface area contributed by atoms with E-state index in [0.717, 1.165) is 12.0 Å². The molecule has 0 spiro atoms. The number of carbonyl (C=O) groups excluding carboxylic acids is 1. The number of anilines is 1.